The zero-order valence-corrected chi connectivity index (χ0v) is 17.7. The molecule has 32 heavy (non-hydrogen) atoms. The van der Waals surface area contributed by atoms with Gasteiger partial charge in [0.15, 0.2) is 12.0 Å². The number of hydrogen-bond donors (Lipinski definition) is 2. The van der Waals surface area contributed by atoms with Crippen molar-refractivity contribution in [2.45, 2.75) is 6.18 Å². The topological polar surface area (TPSA) is 39.0 Å². The van der Waals surface area contributed by atoms with Gasteiger partial charge in [0.05, 0.1) is 23.8 Å². The molecule has 3 nitrogen and oxygen atoms in total. The van der Waals surface area contributed by atoms with Crippen LogP contribution in [0.25, 0.3) is 22.0 Å². The van der Waals surface area contributed by atoms with Gasteiger partial charge in [-0.3, -0.25) is 0 Å². The Morgan fingerprint density at radius 3 is 2.41 bits per heavy atom. The Labute approximate surface area is 188 Å². The molecule has 3 aromatic carbocycles. The Morgan fingerprint density at radius 2 is 1.69 bits per heavy atom. The smallest absolute Gasteiger partial charge is 0.416 e. The molecule has 1 aliphatic heterocycles. The molecule has 0 bridgehead atoms. The second-order valence-electron chi connectivity index (χ2n) is 7.28. The van der Waals surface area contributed by atoms with Crippen LogP contribution in [0, 0.1) is 0 Å². The van der Waals surface area contributed by atoms with Crippen molar-refractivity contribution in [1.29, 1.82) is 0 Å². The molecule has 0 amide bonds. The fourth-order valence-electron chi connectivity index (χ4n) is 4.06. The second-order valence-corrected chi connectivity index (χ2v) is 7.28. The molecule has 1 aliphatic rings. The molecule has 0 saturated carbocycles. The number of rotatable bonds is 3. The minimum absolute atomic E-state index is 0. The lowest BCUT2D eigenvalue weighted by Crippen LogP contribution is -3.00. The van der Waals surface area contributed by atoms with E-state index in [0.717, 1.165) is 51.0 Å². The Morgan fingerprint density at radius 1 is 0.938 bits per heavy atom. The van der Waals surface area contributed by atoms with E-state index in [9.17, 15) is 13.2 Å². The number of para-hydroxylation sites is 2. The van der Waals surface area contributed by atoms with Gasteiger partial charge in [0, 0.05) is 28.2 Å². The van der Waals surface area contributed by atoms with Crippen molar-refractivity contribution in [1.82, 2.24) is 4.98 Å². The minimum atomic E-state index is -4.38. The lowest BCUT2D eigenvalue weighted by molar-refractivity contribution is -0.344. The van der Waals surface area contributed by atoms with Crippen LogP contribution in [0.2, 0.25) is 0 Å². The Kier molecular flexibility index (Phi) is 5.57. The molecule has 7 heteroatoms. The summed E-state index contributed by atoms with van der Waals surface area (Å²) in [7, 11) is 1.61. The molecule has 0 saturated heterocycles. The first-order valence-electron chi connectivity index (χ1n) is 9.73. The molecule has 0 atom stereocenters. The van der Waals surface area contributed by atoms with Gasteiger partial charge in [-0.1, -0.05) is 36.4 Å². The van der Waals surface area contributed by atoms with Crippen molar-refractivity contribution in [2.75, 3.05) is 7.11 Å². The molecule has 0 spiro atoms. The summed E-state index contributed by atoms with van der Waals surface area (Å²) in [5.74, 6) is 0.703. The molecule has 5 rings (SSSR count). The number of aromatic amines is 1. The average molecular weight is 455 g/mol. The lowest BCUT2D eigenvalue weighted by Gasteiger charge is -2.12. The highest BCUT2D eigenvalue weighted by molar-refractivity contribution is 6.25. The molecular formula is C25H18ClF3N2O. The van der Waals surface area contributed by atoms with Crippen molar-refractivity contribution in [3.63, 3.8) is 0 Å². The van der Waals surface area contributed by atoms with E-state index >= 15 is 0 Å². The predicted molar refractivity (Wildman–Crippen MR) is 115 cm³/mol. The summed E-state index contributed by atoms with van der Waals surface area (Å²) in [4.78, 5) is 6.54. The van der Waals surface area contributed by atoms with E-state index in [1.807, 2.05) is 54.9 Å². The number of aromatic nitrogens is 1. The predicted octanol–water partition coefficient (Wildman–Crippen LogP) is 1.95. The lowest BCUT2D eigenvalue weighted by atomic mass is 9.89. The van der Waals surface area contributed by atoms with Crippen molar-refractivity contribution in [3.8, 4) is 5.75 Å². The van der Waals surface area contributed by atoms with E-state index in [1.165, 1.54) is 12.1 Å². The number of hydrogen-bond acceptors (Lipinski definition) is 1. The summed E-state index contributed by atoms with van der Waals surface area (Å²) in [6.45, 7) is 0. The van der Waals surface area contributed by atoms with Gasteiger partial charge < -0.3 is 22.1 Å². The van der Waals surface area contributed by atoms with E-state index in [-0.39, 0.29) is 12.4 Å². The third-order valence-electron chi connectivity index (χ3n) is 5.53. The largest absolute Gasteiger partial charge is 1.00 e. The van der Waals surface area contributed by atoms with Crippen LogP contribution in [0.5, 0.6) is 5.75 Å². The number of methoxy groups -OCH3 is 1. The Bertz CT molecular complexity index is 1350. The Balaban J connectivity index is 0.00000245. The third-order valence-corrected chi connectivity index (χ3v) is 5.53. The number of nitrogens with one attached hydrogen (secondary N) is 2. The van der Waals surface area contributed by atoms with Gasteiger partial charge in [-0.2, -0.15) is 13.2 Å². The molecule has 0 aliphatic carbocycles. The maximum Gasteiger partial charge on any atom is 0.416 e. The summed E-state index contributed by atoms with van der Waals surface area (Å²) in [5, 5.41) is 0.995. The van der Waals surface area contributed by atoms with E-state index in [4.69, 9.17) is 4.74 Å². The van der Waals surface area contributed by atoms with E-state index in [2.05, 4.69) is 9.98 Å². The molecule has 1 aromatic heterocycles. The van der Waals surface area contributed by atoms with Gasteiger partial charge >= 0.3 is 6.18 Å². The molecule has 0 unspecified atom stereocenters. The Hall–Kier alpha value is -3.51. The average Bonchev–Trinajstić information content (AvgIpc) is 3.39. The molecule has 162 valence electrons. The van der Waals surface area contributed by atoms with Crippen molar-refractivity contribution < 1.29 is 35.3 Å². The van der Waals surface area contributed by atoms with Gasteiger partial charge in [0.2, 0.25) is 0 Å². The van der Waals surface area contributed by atoms with Crippen LogP contribution in [0.15, 0.2) is 72.9 Å². The fourth-order valence-corrected chi connectivity index (χ4v) is 4.06. The highest BCUT2D eigenvalue weighted by atomic mass is 35.5. The standard InChI is InChI=1S/C25H17F3N2O.ClH/c1-31-22-8-4-6-18-20(14-30-24(18)22)23(15-9-11-16(12-10-15)25(26,27)28)19-13-29-21-7-3-2-5-17(19)21;/h2-14,29H,1H3;1H. The van der Waals surface area contributed by atoms with Crippen LogP contribution in [-0.2, 0) is 6.18 Å². The van der Waals surface area contributed by atoms with Crippen LogP contribution >= 0.6 is 0 Å². The van der Waals surface area contributed by atoms with E-state index < -0.39 is 11.7 Å². The maximum absolute atomic E-state index is 13.1. The minimum Gasteiger partial charge on any atom is -1.00 e. The van der Waals surface area contributed by atoms with Crippen LogP contribution < -0.4 is 22.1 Å². The number of alkyl halides is 3. The van der Waals surface area contributed by atoms with Crippen molar-refractivity contribution >= 4 is 34.0 Å². The van der Waals surface area contributed by atoms with Gasteiger partial charge in [0.25, 0.3) is 5.69 Å². The first-order chi connectivity index (χ1) is 15.0. The number of fused-ring (bicyclic) bond motifs is 2. The number of halogens is 4. The van der Waals surface area contributed by atoms with Gasteiger partial charge in [-0.15, -0.1) is 0 Å². The summed E-state index contributed by atoms with van der Waals surface area (Å²) in [6, 6.07) is 18.9. The van der Waals surface area contributed by atoms with E-state index in [1.54, 1.807) is 7.11 Å². The van der Waals surface area contributed by atoms with Crippen molar-refractivity contribution in [3.05, 3.63) is 95.2 Å². The summed E-state index contributed by atoms with van der Waals surface area (Å²) >= 11 is 0. The quantitative estimate of drug-likeness (QED) is 0.488. The number of H-pyrrole nitrogens is 1. The number of benzene rings is 3. The van der Waals surface area contributed by atoms with E-state index in [0.29, 0.717) is 11.3 Å². The monoisotopic (exact) mass is 454 g/mol. The molecule has 2 heterocycles. The van der Waals surface area contributed by atoms with Gasteiger partial charge in [0.1, 0.15) is 0 Å². The van der Waals surface area contributed by atoms with Crippen LogP contribution in [0.1, 0.15) is 22.3 Å². The highest BCUT2D eigenvalue weighted by Gasteiger charge is 2.31. The van der Waals surface area contributed by atoms with Crippen molar-refractivity contribution in [2.24, 2.45) is 0 Å². The SMILES string of the molecule is COc1cccc2c1[NH+]=CC2=C(c1ccc(C(F)(F)F)cc1)c1c[nH]c2ccccc12.[Cl-]. The molecule has 0 fully saturated rings. The van der Waals surface area contributed by atoms with Crippen LogP contribution in [0.3, 0.4) is 0 Å². The fraction of sp³-hybridized carbons (Fsp3) is 0.0800. The van der Waals surface area contributed by atoms with Crippen LogP contribution in [0.4, 0.5) is 18.9 Å². The number of ether oxygens (including phenoxy) is 1. The zero-order chi connectivity index (χ0) is 21.6. The molecule has 0 radical (unpaired) electrons. The zero-order valence-electron chi connectivity index (χ0n) is 16.9. The summed E-state index contributed by atoms with van der Waals surface area (Å²) in [6.07, 6.45) is -0.605. The van der Waals surface area contributed by atoms with Crippen LogP contribution in [-0.4, -0.2) is 18.3 Å². The summed E-state index contributed by atoms with van der Waals surface area (Å²) < 4.78 is 44.9. The van der Waals surface area contributed by atoms with Gasteiger partial charge in [-0.25, -0.2) is 4.99 Å². The molecule has 2 N–H and O–H groups in total. The summed E-state index contributed by atoms with van der Waals surface area (Å²) in [5.41, 5.74) is 5.39. The first kappa shape index (κ1) is 21.7. The highest BCUT2D eigenvalue weighted by Crippen LogP contribution is 2.40. The third kappa shape index (κ3) is 3.56. The number of allylic oxidation sites excluding steroid dienone is 1. The van der Waals surface area contributed by atoms with Gasteiger partial charge in [-0.05, 0) is 35.9 Å². The molecule has 4 aromatic rings. The maximum atomic E-state index is 13.1. The normalized spacial score (nSPS) is 14.2. The first-order valence-corrected chi connectivity index (χ1v) is 9.73. The molecular weight excluding hydrogens is 437 g/mol. The second kappa shape index (κ2) is 8.20.